The largest absolute Gasteiger partial charge is 0.390 e. The fourth-order valence-electron chi connectivity index (χ4n) is 1.66. The van der Waals surface area contributed by atoms with Crippen LogP contribution in [0.15, 0.2) is 6.33 Å². The molecular formula is C12H24N4O. The zero-order valence-corrected chi connectivity index (χ0v) is 11.3. The lowest BCUT2D eigenvalue weighted by atomic mass is 9.97. The predicted molar refractivity (Wildman–Crippen MR) is 67.7 cm³/mol. The standard InChI is InChI=1S/C12H24N4O/c1-10(2)8-13-6-5-12(3,17)7-11-14-9-15-16(11)4/h9-10,13,17H,5-8H2,1-4H3. The minimum absolute atomic E-state index is 0.535. The first-order valence-electron chi connectivity index (χ1n) is 6.17. The molecule has 0 aliphatic carbocycles. The molecule has 0 saturated carbocycles. The van der Waals surface area contributed by atoms with E-state index in [1.165, 1.54) is 6.33 Å². The third kappa shape index (κ3) is 5.28. The highest BCUT2D eigenvalue weighted by molar-refractivity contribution is 4.92. The molecule has 98 valence electrons. The van der Waals surface area contributed by atoms with E-state index in [0.29, 0.717) is 18.8 Å². The van der Waals surface area contributed by atoms with Crippen LogP contribution in [0.2, 0.25) is 0 Å². The molecule has 0 saturated heterocycles. The van der Waals surface area contributed by atoms with Crippen molar-refractivity contribution in [2.24, 2.45) is 13.0 Å². The second kappa shape index (κ2) is 6.12. The number of nitrogens with zero attached hydrogens (tertiary/aromatic N) is 3. The van der Waals surface area contributed by atoms with E-state index in [9.17, 15) is 5.11 Å². The van der Waals surface area contributed by atoms with Crippen LogP contribution in [-0.4, -0.2) is 38.6 Å². The van der Waals surface area contributed by atoms with Crippen molar-refractivity contribution < 1.29 is 5.11 Å². The Morgan fingerprint density at radius 1 is 1.53 bits per heavy atom. The maximum atomic E-state index is 10.3. The van der Waals surface area contributed by atoms with Crippen LogP contribution in [0.25, 0.3) is 0 Å². The number of nitrogens with one attached hydrogen (secondary N) is 1. The maximum Gasteiger partial charge on any atom is 0.138 e. The van der Waals surface area contributed by atoms with E-state index in [1.54, 1.807) is 4.68 Å². The molecule has 1 unspecified atom stereocenters. The van der Waals surface area contributed by atoms with Crippen LogP contribution in [0, 0.1) is 5.92 Å². The highest BCUT2D eigenvalue weighted by Gasteiger charge is 2.22. The molecule has 0 aliphatic heterocycles. The molecule has 0 spiro atoms. The molecule has 0 amide bonds. The Balaban J connectivity index is 2.33. The molecule has 0 aliphatic rings. The van der Waals surface area contributed by atoms with Crippen LogP contribution in [-0.2, 0) is 13.5 Å². The summed E-state index contributed by atoms with van der Waals surface area (Å²) in [6.45, 7) is 8.00. The summed E-state index contributed by atoms with van der Waals surface area (Å²) in [5, 5.41) is 17.6. The van der Waals surface area contributed by atoms with Crippen molar-refractivity contribution in [1.82, 2.24) is 20.1 Å². The summed E-state index contributed by atoms with van der Waals surface area (Å²) in [5.41, 5.74) is -0.731. The van der Waals surface area contributed by atoms with Crippen LogP contribution in [0.1, 0.15) is 33.0 Å². The Labute approximate surface area is 103 Å². The van der Waals surface area contributed by atoms with Crippen LogP contribution in [0.5, 0.6) is 0 Å². The number of rotatable bonds is 7. The molecular weight excluding hydrogens is 216 g/mol. The average molecular weight is 240 g/mol. The molecule has 1 heterocycles. The maximum absolute atomic E-state index is 10.3. The molecule has 1 atom stereocenters. The van der Waals surface area contributed by atoms with Gasteiger partial charge in [-0.05, 0) is 32.4 Å². The summed E-state index contributed by atoms with van der Waals surface area (Å²) in [7, 11) is 1.84. The molecule has 0 bridgehead atoms. The van der Waals surface area contributed by atoms with Crippen LogP contribution in [0.3, 0.4) is 0 Å². The molecule has 0 aromatic carbocycles. The monoisotopic (exact) mass is 240 g/mol. The van der Waals surface area contributed by atoms with Gasteiger partial charge in [-0.25, -0.2) is 4.98 Å². The number of aryl methyl sites for hydroxylation is 1. The second-order valence-corrected chi connectivity index (χ2v) is 5.32. The van der Waals surface area contributed by atoms with Gasteiger partial charge in [0, 0.05) is 13.5 Å². The molecule has 0 radical (unpaired) electrons. The molecule has 5 heteroatoms. The summed E-state index contributed by atoms with van der Waals surface area (Å²) >= 11 is 0. The molecule has 2 N–H and O–H groups in total. The van der Waals surface area contributed by atoms with Crippen molar-refractivity contribution >= 4 is 0 Å². The van der Waals surface area contributed by atoms with Crippen molar-refractivity contribution in [3.05, 3.63) is 12.2 Å². The van der Waals surface area contributed by atoms with Crippen molar-refractivity contribution in [2.45, 2.75) is 39.2 Å². The third-order valence-electron chi connectivity index (χ3n) is 2.74. The van der Waals surface area contributed by atoms with E-state index < -0.39 is 5.60 Å². The first-order valence-corrected chi connectivity index (χ1v) is 6.17. The van der Waals surface area contributed by atoms with E-state index >= 15 is 0 Å². The van der Waals surface area contributed by atoms with Crippen LogP contribution < -0.4 is 5.32 Å². The van der Waals surface area contributed by atoms with E-state index in [0.717, 1.165) is 18.9 Å². The van der Waals surface area contributed by atoms with Crippen LogP contribution in [0.4, 0.5) is 0 Å². The lowest BCUT2D eigenvalue weighted by Crippen LogP contribution is -2.34. The van der Waals surface area contributed by atoms with Gasteiger partial charge in [0.1, 0.15) is 12.2 Å². The highest BCUT2D eigenvalue weighted by Crippen LogP contribution is 2.14. The minimum atomic E-state index is -0.731. The molecule has 1 aromatic heterocycles. The van der Waals surface area contributed by atoms with Crippen molar-refractivity contribution in [3.63, 3.8) is 0 Å². The lowest BCUT2D eigenvalue weighted by molar-refractivity contribution is 0.0485. The van der Waals surface area contributed by atoms with Gasteiger partial charge in [-0.2, -0.15) is 5.10 Å². The summed E-state index contributed by atoms with van der Waals surface area (Å²) < 4.78 is 1.70. The number of aliphatic hydroxyl groups is 1. The fraction of sp³-hybridized carbons (Fsp3) is 0.833. The first-order chi connectivity index (χ1) is 7.91. The summed E-state index contributed by atoms with van der Waals surface area (Å²) in [4.78, 5) is 4.13. The van der Waals surface area contributed by atoms with Gasteiger partial charge in [0.05, 0.1) is 5.60 Å². The Bertz CT molecular complexity index is 333. The van der Waals surface area contributed by atoms with Gasteiger partial charge in [0.2, 0.25) is 0 Å². The van der Waals surface area contributed by atoms with Crippen molar-refractivity contribution in [3.8, 4) is 0 Å². The third-order valence-corrected chi connectivity index (χ3v) is 2.74. The van der Waals surface area contributed by atoms with Gasteiger partial charge >= 0.3 is 0 Å². The smallest absolute Gasteiger partial charge is 0.138 e. The minimum Gasteiger partial charge on any atom is -0.390 e. The Morgan fingerprint density at radius 2 is 2.24 bits per heavy atom. The van der Waals surface area contributed by atoms with Gasteiger partial charge in [-0.3, -0.25) is 4.68 Å². The second-order valence-electron chi connectivity index (χ2n) is 5.32. The SMILES string of the molecule is CC(C)CNCCC(C)(O)Cc1ncnn1C. The quantitative estimate of drug-likeness (QED) is 0.690. The van der Waals surface area contributed by atoms with Gasteiger partial charge in [0.15, 0.2) is 0 Å². The lowest BCUT2D eigenvalue weighted by Gasteiger charge is -2.23. The van der Waals surface area contributed by atoms with E-state index in [4.69, 9.17) is 0 Å². The number of hydrogen-bond donors (Lipinski definition) is 2. The Kier molecular flexibility index (Phi) is 5.08. The summed E-state index contributed by atoms with van der Waals surface area (Å²) in [6, 6.07) is 0. The van der Waals surface area contributed by atoms with Gasteiger partial charge < -0.3 is 10.4 Å². The van der Waals surface area contributed by atoms with Crippen molar-refractivity contribution in [1.29, 1.82) is 0 Å². The fourth-order valence-corrected chi connectivity index (χ4v) is 1.66. The highest BCUT2D eigenvalue weighted by atomic mass is 16.3. The normalized spacial score (nSPS) is 15.2. The van der Waals surface area contributed by atoms with E-state index in [-0.39, 0.29) is 0 Å². The van der Waals surface area contributed by atoms with Gasteiger partial charge in [0.25, 0.3) is 0 Å². The van der Waals surface area contributed by atoms with Gasteiger partial charge in [-0.1, -0.05) is 13.8 Å². The van der Waals surface area contributed by atoms with E-state index in [1.807, 2.05) is 14.0 Å². The molecule has 5 nitrogen and oxygen atoms in total. The molecule has 0 fully saturated rings. The number of aromatic nitrogens is 3. The topological polar surface area (TPSA) is 63.0 Å². The Hall–Kier alpha value is -0.940. The number of hydrogen-bond acceptors (Lipinski definition) is 4. The zero-order valence-electron chi connectivity index (χ0n) is 11.3. The van der Waals surface area contributed by atoms with Crippen LogP contribution >= 0.6 is 0 Å². The average Bonchev–Trinajstić information content (AvgIpc) is 2.58. The summed E-state index contributed by atoms with van der Waals surface area (Å²) in [6.07, 6.45) is 2.77. The summed E-state index contributed by atoms with van der Waals surface area (Å²) in [5.74, 6) is 1.46. The van der Waals surface area contributed by atoms with E-state index in [2.05, 4.69) is 29.2 Å². The van der Waals surface area contributed by atoms with Gasteiger partial charge in [-0.15, -0.1) is 0 Å². The Morgan fingerprint density at radius 3 is 2.76 bits per heavy atom. The molecule has 17 heavy (non-hydrogen) atoms. The zero-order chi connectivity index (χ0) is 12.9. The predicted octanol–water partition coefficient (Wildman–Crippen LogP) is 0.744. The molecule has 1 aromatic rings. The first kappa shape index (κ1) is 14.1. The van der Waals surface area contributed by atoms with Crippen molar-refractivity contribution in [2.75, 3.05) is 13.1 Å². The molecule has 1 rings (SSSR count).